The number of aromatic nitrogens is 2. The normalized spacial score (nSPS) is 10.8. The first kappa shape index (κ1) is 12.9. The molecule has 0 N–H and O–H groups in total. The lowest BCUT2D eigenvalue weighted by atomic mass is 10.0. The van der Waals surface area contributed by atoms with Crippen molar-refractivity contribution in [1.29, 1.82) is 0 Å². The Morgan fingerprint density at radius 2 is 1.80 bits per heavy atom. The lowest BCUT2D eigenvalue weighted by Gasteiger charge is -2.14. The highest BCUT2D eigenvalue weighted by molar-refractivity contribution is 6.31. The van der Waals surface area contributed by atoms with Gasteiger partial charge in [-0.15, -0.1) is 0 Å². The molecule has 0 saturated heterocycles. The van der Waals surface area contributed by atoms with E-state index >= 15 is 0 Å². The van der Waals surface area contributed by atoms with Gasteiger partial charge in [0.25, 0.3) is 0 Å². The van der Waals surface area contributed by atoms with Crippen LogP contribution in [0, 0.1) is 0 Å². The Labute approximate surface area is 122 Å². The SMILES string of the molecule is CN(C)c1cccc(-c2cc(Cl)cc3nccnc23)c1. The predicted octanol–water partition coefficient (Wildman–Crippen LogP) is 4.02. The van der Waals surface area contributed by atoms with Gasteiger partial charge in [-0.25, -0.2) is 0 Å². The maximum Gasteiger partial charge on any atom is 0.0966 e. The molecule has 0 atom stereocenters. The van der Waals surface area contributed by atoms with Crippen LogP contribution in [0.1, 0.15) is 0 Å². The van der Waals surface area contributed by atoms with Gasteiger partial charge in [-0.05, 0) is 29.8 Å². The third-order valence-electron chi connectivity index (χ3n) is 3.21. The number of halogens is 1. The van der Waals surface area contributed by atoms with Crippen molar-refractivity contribution in [3.63, 3.8) is 0 Å². The van der Waals surface area contributed by atoms with Crippen LogP contribution in [0.5, 0.6) is 0 Å². The zero-order valence-electron chi connectivity index (χ0n) is 11.3. The lowest BCUT2D eigenvalue weighted by molar-refractivity contribution is 1.13. The van der Waals surface area contributed by atoms with Crippen LogP contribution in [-0.4, -0.2) is 24.1 Å². The first-order chi connectivity index (χ1) is 9.65. The number of rotatable bonds is 2. The Hall–Kier alpha value is -2.13. The van der Waals surface area contributed by atoms with Gasteiger partial charge in [-0.1, -0.05) is 23.7 Å². The van der Waals surface area contributed by atoms with E-state index in [1.165, 1.54) is 0 Å². The van der Waals surface area contributed by atoms with Crippen molar-refractivity contribution in [1.82, 2.24) is 9.97 Å². The molecule has 0 fully saturated rings. The first-order valence-corrected chi connectivity index (χ1v) is 6.71. The van der Waals surface area contributed by atoms with E-state index < -0.39 is 0 Å². The Morgan fingerprint density at radius 1 is 1.00 bits per heavy atom. The largest absolute Gasteiger partial charge is 0.378 e. The van der Waals surface area contributed by atoms with Crippen LogP contribution in [-0.2, 0) is 0 Å². The molecule has 1 heterocycles. The molecule has 4 heteroatoms. The minimum atomic E-state index is 0.670. The molecule has 3 rings (SSSR count). The number of hydrogen-bond donors (Lipinski definition) is 0. The number of hydrogen-bond acceptors (Lipinski definition) is 3. The van der Waals surface area contributed by atoms with E-state index in [1.807, 2.05) is 32.3 Å². The Balaban J connectivity index is 2.26. The van der Waals surface area contributed by atoms with Gasteiger partial charge < -0.3 is 4.90 Å². The molecule has 1 aromatic heterocycles. The smallest absolute Gasteiger partial charge is 0.0966 e. The number of nitrogens with zero attached hydrogens (tertiary/aromatic N) is 3. The van der Waals surface area contributed by atoms with E-state index in [0.717, 1.165) is 27.8 Å². The van der Waals surface area contributed by atoms with Gasteiger partial charge in [0.05, 0.1) is 11.0 Å². The quantitative estimate of drug-likeness (QED) is 0.711. The molecule has 0 aliphatic carbocycles. The molecule has 0 aliphatic heterocycles. The Bertz CT molecular complexity index is 769. The molecule has 0 amide bonds. The summed E-state index contributed by atoms with van der Waals surface area (Å²) in [5.74, 6) is 0. The predicted molar refractivity (Wildman–Crippen MR) is 84.3 cm³/mol. The zero-order chi connectivity index (χ0) is 14.1. The molecule has 2 aromatic carbocycles. The zero-order valence-corrected chi connectivity index (χ0v) is 12.1. The van der Waals surface area contributed by atoms with E-state index in [2.05, 4.69) is 33.1 Å². The average molecular weight is 284 g/mol. The van der Waals surface area contributed by atoms with Gasteiger partial charge >= 0.3 is 0 Å². The number of benzene rings is 2. The average Bonchev–Trinajstić information content (AvgIpc) is 2.46. The third kappa shape index (κ3) is 2.32. The fourth-order valence-electron chi connectivity index (χ4n) is 2.21. The standard InChI is InChI=1S/C16H14ClN3/c1-20(2)13-5-3-4-11(8-13)14-9-12(17)10-15-16(14)19-7-6-18-15/h3-10H,1-2H3. The highest BCUT2D eigenvalue weighted by Crippen LogP contribution is 2.31. The van der Waals surface area contributed by atoms with E-state index in [1.54, 1.807) is 12.4 Å². The summed E-state index contributed by atoms with van der Waals surface area (Å²) in [7, 11) is 4.05. The van der Waals surface area contributed by atoms with Crippen molar-refractivity contribution in [3.05, 3.63) is 53.8 Å². The van der Waals surface area contributed by atoms with Gasteiger partial charge in [0.15, 0.2) is 0 Å². The second kappa shape index (κ2) is 5.10. The molecule has 0 spiro atoms. The minimum Gasteiger partial charge on any atom is -0.378 e. The van der Waals surface area contributed by atoms with Crippen LogP contribution in [0.4, 0.5) is 5.69 Å². The maximum absolute atomic E-state index is 6.20. The van der Waals surface area contributed by atoms with Crippen molar-refractivity contribution < 1.29 is 0 Å². The number of fused-ring (bicyclic) bond motifs is 1. The topological polar surface area (TPSA) is 29.0 Å². The highest BCUT2D eigenvalue weighted by atomic mass is 35.5. The van der Waals surface area contributed by atoms with Gasteiger partial charge in [0.2, 0.25) is 0 Å². The molecule has 3 aromatic rings. The highest BCUT2D eigenvalue weighted by Gasteiger charge is 2.08. The van der Waals surface area contributed by atoms with E-state index in [9.17, 15) is 0 Å². The second-order valence-corrected chi connectivity index (χ2v) is 5.26. The van der Waals surface area contributed by atoms with Crippen LogP contribution >= 0.6 is 11.6 Å². The van der Waals surface area contributed by atoms with Crippen LogP contribution < -0.4 is 4.90 Å². The minimum absolute atomic E-state index is 0.670. The molecule has 0 radical (unpaired) electrons. The molecule has 20 heavy (non-hydrogen) atoms. The lowest BCUT2D eigenvalue weighted by Crippen LogP contribution is -2.08. The Morgan fingerprint density at radius 3 is 2.60 bits per heavy atom. The van der Waals surface area contributed by atoms with E-state index in [-0.39, 0.29) is 0 Å². The van der Waals surface area contributed by atoms with E-state index in [4.69, 9.17) is 11.6 Å². The third-order valence-corrected chi connectivity index (χ3v) is 3.43. The summed E-state index contributed by atoms with van der Waals surface area (Å²) in [5.41, 5.74) is 4.91. The first-order valence-electron chi connectivity index (χ1n) is 6.33. The van der Waals surface area contributed by atoms with Gasteiger partial charge in [0.1, 0.15) is 0 Å². The van der Waals surface area contributed by atoms with Crippen LogP contribution in [0.25, 0.3) is 22.2 Å². The summed E-state index contributed by atoms with van der Waals surface area (Å²) in [4.78, 5) is 10.8. The summed E-state index contributed by atoms with van der Waals surface area (Å²) in [6, 6.07) is 12.1. The fraction of sp³-hybridized carbons (Fsp3) is 0.125. The van der Waals surface area contributed by atoms with Crippen molar-refractivity contribution in [2.24, 2.45) is 0 Å². The number of anilines is 1. The van der Waals surface area contributed by atoms with Crippen molar-refractivity contribution in [2.45, 2.75) is 0 Å². The van der Waals surface area contributed by atoms with Crippen molar-refractivity contribution in [2.75, 3.05) is 19.0 Å². The molecule has 0 saturated carbocycles. The van der Waals surface area contributed by atoms with Gasteiger partial charge in [0, 0.05) is 42.8 Å². The molecule has 0 unspecified atom stereocenters. The molecule has 0 aliphatic rings. The molecule has 3 nitrogen and oxygen atoms in total. The summed E-state index contributed by atoms with van der Waals surface area (Å²) < 4.78 is 0. The van der Waals surface area contributed by atoms with Crippen molar-refractivity contribution >= 4 is 28.3 Å². The van der Waals surface area contributed by atoms with Gasteiger partial charge in [-0.2, -0.15) is 0 Å². The summed E-state index contributed by atoms with van der Waals surface area (Å²) in [6.07, 6.45) is 3.38. The molecular weight excluding hydrogens is 270 g/mol. The summed E-state index contributed by atoms with van der Waals surface area (Å²) in [5, 5.41) is 0.670. The summed E-state index contributed by atoms with van der Waals surface area (Å²) >= 11 is 6.20. The fourth-order valence-corrected chi connectivity index (χ4v) is 2.42. The van der Waals surface area contributed by atoms with Crippen molar-refractivity contribution in [3.8, 4) is 11.1 Å². The molecule has 100 valence electrons. The van der Waals surface area contributed by atoms with Crippen LogP contribution in [0.3, 0.4) is 0 Å². The molecule has 0 bridgehead atoms. The second-order valence-electron chi connectivity index (χ2n) is 4.82. The summed E-state index contributed by atoms with van der Waals surface area (Å²) in [6.45, 7) is 0. The van der Waals surface area contributed by atoms with Crippen LogP contribution in [0.2, 0.25) is 5.02 Å². The molecular formula is C16H14ClN3. The van der Waals surface area contributed by atoms with Crippen LogP contribution in [0.15, 0.2) is 48.8 Å². The monoisotopic (exact) mass is 283 g/mol. The maximum atomic E-state index is 6.20. The van der Waals surface area contributed by atoms with E-state index in [0.29, 0.717) is 5.02 Å². The Kier molecular flexibility index (Phi) is 3.28. The van der Waals surface area contributed by atoms with Gasteiger partial charge in [-0.3, -0.25) is 9.97 Å².